The van der Waals surface area contributed by atoms with E-state index in [0.29, 0.717) is 17.7 Å². The molecule has 7 heteroatoms. The van der Waals surface area contributed by atoms with Crippen LogP contribution in [0.4, 0.5) is 5.69 Å². The molecule has 0 saturated carbocycles. The van der Waals surface area contributed by atoms with Crippen LogP contribution in [0.5, 0.6) is 0 Å². The van der Waals surface area contributed by atoms with Crippen molar-refractivity contribution in [3.8, 4) is 0 Å². The first-order valence-electron chi connectivity index (χ1n) is 8.58. The molecule has 0 bridgehead atoms. The van der Waals surface area contributed by atoms with Crippen molar-refractivity contribution in [2.75, 3.05) is 18.4 Å². The monoisotopic (exact) mass is 349 g/mol. The van der Waals surface area contributed by atoms with E-state index in [1.807, 2.05) is 17.0 Å². The Balaban J connectivity index is 1.47. The van der Waals surface area contributed by atoms with Gasteiger partial charge in [0.1, 0.15) is 0 Å². The Morgan fingerprint density at radius 1 is 1.35 bits per heavy atom. The summed E-state index contributed by atoms with van der Waals surface area (Å²) >= 11 is 0. The maximum absolute atomic E-state index is 12.7. The molecule has 2 N–H and O–H groups in total. The minimum absolute atomic E-state index is 0.0333. The number of nitrogens with zero attached hydrogens (tertiary/aromatic N) is 3. The van der Waals surface area contributed by atoms with Crippen LogP contribution < -0.4 is 10.9 Å². The zero-order valence-corrected chi connectivity index (χ0v) is 14.4. The van der Waals surface area contributed by atoms with Crippen LogP contribution >= 0.6 is 0 Å². The Morgan fingerprint density at radius 3 is 3.08 bits per heavy atom. The Kier molecular flexibility index (Phi) is 4.12. The number of aromatic amines is 1. The van der Waals surface area contributed by atoms with Crippen LogP contribution in [0.15, 0.2) is 47.7 Å². The topological polar surface area (TPSA) is 91.0 Å². The third kappa shape index (κ3) is 2.92. The number of hydrogen-bond donors (Lipinski definition) is 2. The van der Waals surface area contributed by atoms with Crippen LogP contribution in [0.1, 0.15) is 24.1 Å². The average molecular weight is 349 g/mol. The number of benzene rings is 1. The fourth-order valence-corrected chi connectivity index (χ4v) is 3.44. The predicted molar refractivity (Wildman–Crippen MR) is 98.9 cm³/mol. The highest BCUT2D eigenvalue weighted by molar-refractivity contribution is 5.83. The molecule has 1 aromatic carbocycles. The third-order valence-electron chi connectivity index (χ3n) is 4.84. The molecule has 132 valence electrons. The second kappa shape index (κ2) is 6.59. The van der Waals surface area contributed by atoms with Gasteiger partial charge in [0, 0.05) is 6.54 Å². The van der Waals surface area contributed by atoms with E-state index in [1.165, 1.54) is 17.5 Å². The first-order valence-corrected chi connectivity index (χ1v) is 8.58. The van der Waals surface area contributed by atoms with Crippen LogP contribution in [0, 0.1) is 0 Å². The number of carbonyl (C=O) groups is 1. The van der Waals surface area contributed by atoms with E-state index >= 15 is 0 Å². The lowest BCUT2D eigenvalue weighted by Gasteiger charge is -2.35. The number of pyridine rings is 1. The summed E-state index contributed by atoms with van der Waals surface area (Å²) in [5.41, 5.74) is 3.68. The fraction of sp³-hybridized carbons (Fsp3) is 0.263. The zero-order valence-electron chi connectivity index (χ0n) is 14.4. The van der Waals surface area contributed by atoms with Crippen molar-refractivity contribution >= 4 is 22.6 Å². The number of hydrogen-bond acceptors (Lipinski definition) is 5. The second-order valence-corrected chi connectivity index (χ2v) is 6.39. The van der Waals surface area contributed by atoms with E-state index in [4.69, 9.17) is 0 Å². The Morgan fingerprint density at radius 2 is 2.19 bits per heavy atom. The molecular formula is C19H19N5O2. The summed E-state index contributed by atoms with van der Waals surface area (Å²) in [6.45, 7) is 2.94. The molecule has 1 aliphatic rings. The van der Waals surface area contributed by atoms with Gasteiger partial charge < -0.3 is 15.2 Å². The molecule has 2 aromatic heterocycles. The maximum atomic E-state index is 12.7. The molecule has 0 saturated heterocycles. The van der Waals surface area contributed by atoms with Gasteiger partial charge in [-0.1, -0.05) is 24.3 Å². The summed E-state index contributed by atoms with van der Waals surface area (Å²) in [6, 6.07) is 10.0. The standard InChI is InChI=1S/C19H19N5O2/c1-12-15-5-3-2-4-13(15)6-7-24(12)17(25)10-20-14-8-16-18(21-9-14)19(26)23-11-22-16/h2-5,8-9,11-12,20H,6-7,10H2,1H3,(H,22,23,26). The number of aromatic nitrogens is 3. The van der Waals surface area contributed by atoms with Crippen LogP contribution in [0.3, 0.4) is 0 Å². The van der Waals surface area contributed by atoms with Gasteiger partial charge in [0.05, 0.1) is 36.3 Å². The van der Waals surface area contributed by atoms with E-state index in [-0.39, 0.29) is 29.6 Å². The maximum Gasteiger partial charge on any atom is 0.277 e. The van der Waals surface area contributed by atoms with Crippen molar-refractivity contribution in [2.24, 2.45) is 0 Å². The summed E-state index contributed by atoms with van der Waals surface area (Å²) in [7, 11) is 0. The molecule has 3 heterocycles. The van der Waals surface area contributed by atoms with Crippen molar-refractivity contribution < 1.29 is 4.79 Å². The molecular weight excluding hydrogens is 330 g/mol. The van der Waals surface area contributed by atoms with E-state index in [2.05, 4.69) is 39.3 Å². The van der Waals surface area contributed by atoms with Gasteiger partial charge in [-0.2, -0.15) is 0 Å². The summed E-state index contributed by atoms with van der Waals surface area (Å²) in [5.74, 6) is 0.0333. The molecule has 4 rings (SSSR count). The first-order chi connectivity index (χ1) is 12.6. The lowest BCUT2D eigenvalue weighted by Crippen LogP contribution is -2.41. The number of nitrogens with one attached hydrogen (secondary N) is 2. The largest absolute Gasteiger partial charge is 0.375 e. The number of fused-ring (bicyclic) bond motifs is 2. The molecule has 0 radical (unpaired) electrons. The molecule has 0 aliphatic carbocycles. The SMILES string of the molecule is CC1c2ccccc2CCN1C(=O)CNc1cnc2c(=O)[nH]cnc2c1. The molecule has 26 heavy (non-hydrogen) atoms. The smallest absolute Gasteiger partial charge is 0.277 e. The van der Waals surface area contributed by atoms with Gasteiger partial charge in [0.15, 0.2) is 5.52 Å². The van der Waals surface area contributed by atoms with E-state index < -0.39 is 0 Å². The van der Waals surface area contributed by atoms with Crippen molar-refractivity contribution in [1.82, 2.24) is 19.9 Å². The zero-order chi connectivity index (χ0) is 18.1. The van der Waals surface area contributed by atoms with E-state index in [9.17, 15) is 9.59 Å². The average Bonchev–Trinajstić information content (AvgIpc) is 2.67. The normalized spacial score (nSPS) is 16.3. The van der Waals surface area contributed by atoms with Gasteiger partial charge in [0.2, 0.25) is 5.91 Å². The highest BCUT2D eigenvalue weighted by Gasteiger charge is 2.26. The number of H-pyrrole nitrogens is 1. The molecule has 7 nitrogen and oxygen atoms in total. The van der Waals surface area contributed by atoms with Crippen LogP contribution in [-0.2, 0) is 11.2 Å². The van der Waals surface area contributed by atoms with Gasteiger partial charge in [-0.05, 0) is 30.5 Å². The Bertz CT molecular complexity index is 1030. The van der Waals surface area contributed by atoms with Gasteiger partial charge in [0.25, 0.3) is 5.56 Å². The lowest BCUT2D eigenvalue weighted by atomic mass is 9.93. The Labute approximate surface area is 150 Å². The molecule has 0 spiro atoms. The first kappa shape index (κ1) is 16.3. The Hall–Kier alpha value is -3.22. The van der Waals surface area contributed by atoms with Crippen LogP contribution in [-0.4, -0.2) is 38.8 Å². The van der Waals surface area contributed by atoms with Crippen molar-refractivity contribution in [3.05, 3.63) is 64.3 Å². The summed E-state index contributed by atoms with van der Waals surface area (Å²) in [5, 5.41) is 3.09. The molecule has 1 unspecified atom stereocenters. The number of amides is 1. The summed E-state index contributed by atoms with van der Waals surface area (Å²) in [6.07, 6.45) is 3.76. The number of anilines is 1. The van der Waals surface area contributed by atoms with Gasteiger partial charge in [-0.25, -0.2) is 9.97 Å². The molecule has 0 fully saturated rings. The predicted octanol–water partition coefficient (Wildman–Crippen LogP) is 1.88. The highest BCUT2D eigenvalue weighted by atomic mass is 16.2. The minimum atomic E-state index is -0.279. The molecule has 1 amide bonds. The second-order valence-electron chi connectivity index (χ2n) is 6.39. The molecule has 1 atom stereocenters. The summed E-state index contributed by atoms with van der Waals surface area (Å²) < 4.78 is 0. The highest BCUT2D eigenvalue weighted by Crippen LogP contribution is 2.29. The van der Waals surface area contributed by atoms with Crippen molar-refractivity contribution in [2.45, 2.75) is 19.4 Å². The quantitative estimate of drug-likeness (QED) is 0.753. The number of rotatable bonds is 3. The van der Waals surface area contributed by atoms with Crippen molar-refractivity contribution in [1.29, 1.82) is 0 Å². The van der Waals surface area contributed by atoms with Crippen LogP contribution in [0.2, 0.25) is 0 Å². The van der Waals surface area contributed by atoms with Gasteiger partial charge in [-0.15, -0.1) is 0 Å². The van der Waals surface area contributed by atoms with Crippen LogP contribution in [0.25, 0.3) is 11.0 Å². The number of carbonyl (C=O) groups excluding carboxylic acids is 1. The fourth-order valence-electron chi connectivity index (χ4n) is 3.44. The van der Waals surface area contributed by atoms with Crippen molar-refractivity contribution in [3.63, 3.8) is 0 Å². The molecule has 1 aliphatic heterocycles. The molecule has 3 aromatic rings. The van der Waals surface area contributed by atoms with Gasteiger partial charge >= 0.3 is 0 Å². The summed E-state index contributed by atoms with van der Waals surface area (Å²) in [4.78, 5) is 37.0. The van der Waals surface area contributed by atoms with E-state index in [0.717, 1.165) is 6.42 Å². The minimum Gasteiger partial charge on any atom is -0.375 e. The third-order valence-corrected chi connectivity index (χ3v) is 4.84. The van der Waals surface area contributed by atoms with E-state index in [1.54, 1.807) is 12.3 Å². The van der Waals surface area contributed by atoms with Gasteiger partial charge in [-0.3, -0.25) is 9.59 Å². The lowest BCUT2D eigenvalue weighted by molar-refractivity contribution is -0.131.